The summed E-state index contributed by atoms with van der Waals surface area (Å²) in [6, 6.07) is 5.76. The summed E-state index contributed by atoms with van der Waals surface area (Å²) in [6.07, 6.45) is 8.06. The molecule has 6 atom stereocenters. The Morgan fingerprint density at radius 3 is 2.41 bits per heavy atom. The number of morpholine rings is 2. The summed E-state index contributed by atoms with van der Waals surface area (Å²) < 4.78 is 52.5. The van der Waals surface area contributed by atoms with E-state index in [2.05, 4.69) is 31.8 Å². The van der Waals surface area contributed by atoms with Crippen LogP contribution in [0.1, 0.15) is 90.5 Å². The van der Waals surface area contributed by atoms with Crippen LogP contribution in [-0.2, 0) is 45.2 Å². The van der Waals surface area contributed by atoms with Gasteiger partial charge in [-0.3, -0.25) is 24.1 Å². The summed E-state index contributed by atoms with van der Waals surface area (Å²) in [5, 5.41) is 6.54. The highest BCUT2D eigenvalue weighted by Gasteiger charge is 2.61. The second kappa shape index (κ2) is 21.6. The standard InChI is InChI=1S/C47H69N7O11S/c1-5-33-31-47(33,44(58)51-66(60,61)53-24-28-63-29-25-53)50-42(56)37-18-12-20-54(37)43(57)40(46(2,3)4)49-45(59)65-38-19-11-14-32(38)13-7-6-8-16-35-39(64-30-23-52-21-26-62-27-22-52)34-15-9-10-17-36(34)48-41(35)55/h5,9-10,15,17,32-33,37-38,40H,1,6-8,11-14,16,18-31H2,2-4H3,(H,48,55)(H,49,59)(H,50,56)(H,51,58)/t32-,33-,37+,38?,40-,47-/m1/s1. The molecule has 1 unspecified atom stereocenters. The number of carbonyl (C=O) groups excluding carboxylic acids is 4. The van der Waals surface area contributed by atoms with Gasteiger partial charge in [0.25, 0.3) is 11.5 Å². The number of ether oxygens (including phenoxy) is 4. The van der Waals surface area contributed by atoms with Gasteiger partial charge in [-0.15, -0.1) is 6.58 Å². The summed E-state index contributed by atoms with van der Waals surface area (Å²) in [6.45, 7) is 14.5. The Morgan fingerprint density at radius 2 is 1.70 bits per heavy atom. The number of likely N-dealkylation sites (tertiary alicyclic amines) is 1. The quantitative estimate of drug-likeness (QED) is 0.118. The Balaban J connectivity index is 0.906. The molecule has 1 aromatic carbocycles. The van der Waals surface area contributed by atoms with Gasteiger partial charge in [-0.1, -0.05) is 51.8 Å². The van der Waals surface area contributed by atoms with Crippen molar-refractivity contribution in [2.45, 2.75) is 115 Å². The van der Waals surface area contributed by atoms with Crippen molar-refractivity contribution in [1.82, 2.24) is 34.4 Å². The van der Waals surface area contributed by atoms with E-state index in [0.717, 1.165) is 73.4 Å². The molecule has 5 fully saturated rings. The number of carbonyl (C=O) groups is 4. The first-order valence-electron chi connectivity index (χ1n) is 23.8. The van der Waals surface area contributed by atoms with Crippen molar-refractivity contribution in [3.05, 3.63) is 52.8 Å². The van der Waals surface area contributed by atoms with Gasteiger partial charge < -0.3 is 39.5 Å². The Labute approximate surface area is 388 Å². The third-order valence-electron chi connectivity index (χ3n) is 13.9. The molecule has 0 radical (unpaired) electrons. The topological polar surface area (TPSA) is 218 Å². The number of H-pyrrole nitrogens is 1. The van der Waals surface area contributed by atoms with Crippen molar-refractivity contribution >= 4 is 44.9 Å². The van der Waals surface area contributed by atoms with E-state index in [4.69, 9.17) is 18.9 Å². The summed E-state index contributed by atoms with van der Waals surface area (Å²) in [7, 11) is -4.18. The first-order valence-corrected chi connectivity index (χ1v) is 25.2. The molecular formula is C47H69N7O11S. The van der Waals surface area contributed by atoms with Crippen LogP contribution < -0.4 is 25.7 Å². The van der Waals surface area contributed by atoms with Gasteiger partial charge in [0.2, 0.25) is 11.8 Å². The van der Waals surface area contributed by atoms with E-state index in [1.54, 1.807) is 0 Å². The zero-order valence-electron chi connectivity index (χ0n) is 38.8. The van der Waals surface area contributed by atoms with Gasteiger partial charge in [-0.05, 0) is 81.3 Å². The van der Waals surface area contributed by atoms with Crippen LogP contribution >= 0.6 is 0 Å². The molecule has 0 bridgehead atoms. The maximum atomic E-state index is 14.3. The van der Waals surface area contributed by atoms with E-state index < -0.39 is 63.0 Å². The molecule has 4 heterocycles. The SMILES string of the molecule is C=C[C@@H]1C[C@]1(NC(=O)[C@@H]1CCCN1C(=O)[C@@H](NC(=O)OC1CCC[C@H]1CCCCCc1c(OCCN2CCOCC2)c2ccccc2[nH]c1=O)C(C)(C)C)C(=O)NS(=O)(=O)N1CCOCC1. The lowest BCUT2D eigenvalue weighted by Crippen LogP contribution is -2.60. The zero-order valence-corrected chi connectivity index (χ0v) is 39.6. The number of fused-ring (bicyclic) bond motifs is 1. The number of pyridine rings is 1. The number of para-hydroxylation sites is 1. The second-order valence-electron chi connectivity index (χ2n) is 19.4. The van der Waals surface area contributed by atoms with Gasteiger partial charge in [-0.2, -0.15) is 12.7 Å². The number of hydrogen-bond donors (Lipinski definition) is 4. The smallest absolute Gasteiger partial charge is 0.408 e. The van der Waals surface area contributed by atoms with E-state index >= 15 is 0 Å². The van der Waals surface area contributed by atoms with E-state index in [1.165, 1.54) is 11.0 Å². The monoisotopic (exact) mass is 939 g/mol. The van der Waals surface area contributed by atoms with Crippen LogP contribution in [0.2, 0.25) is 0 Å². The van der Waals surface area contributed by atoms with Crippen LogP contribution in [0.5, 0.6) is 5.75 Å². The molecule has 2 aliphatic carbocycles. The van der Waals surface area contributed by atoms with Gasteiger partial charge in [0.1, 0.15) is 36.1 Å². The minimum absolute atomic E-state index is 0.0944. The maximum Gasteiger partial charge on any atom is 0.408 e. The number of amides is 4. The molecule has 66 heavy (non-hydrogen) atoms. The van der Waals surface area contributed by atoms with Crippen molar-refractivity contribution in [3.63, 3.8) is 0 Å². The maximum absolute atomic E-state index is 14.3. The van der Waals surface area contributed by atoms with Crippen molar-refractivity contribution in [2.75, 3.05) is 72.3 Å². The molecule has 18 nitrogen and oxygen atoms in total. The first kappa shape index (κ1) is 49.3. The van der Waals surface area contributed by atoms with Crippen molar-refractivity contribution in [2.24, 2.45) is 17.3 Å². The Hall–Kier alpha value is -4.56. The molecule has 19 heteroatoms. The summed E-state index contributed by atoms with van der Waals surface area (Å²) in [5.74, 6) is -1.58. The minimum Gasteiger partial charge on any atom is -0.491 e. The first-order chi connectivity index (χ1) is 31.6. The predicted molar refractivity (Wildman–Crippen MR) is 247 cm³/mol. The van der Waals surface area contributed by atoms with Crippen LogP contribution in [0.4, 0.5) is 4.79 Å². The predicted octanol–water partition coefficient (Wildman–Crippen LogP) is 3.40. The molecule has 3 aliphatic heterocycles. The van der Waals surface area contributed by atoms with Crippen molar-refractivity contribution in [1.29, 1.82) is 0 Å². The zero-order chi connectivity index (χ0) is 47.1. The third kappa shape index (κ3) is 11.8. The van der Waals surface area contributed by atoms with Gasteiger partial charge in [-0.25, -0.2) is 9.52 Å². The number of benzene rings is 1. The molecule has 0 spiro atoms. The molecule has 3 saturated heterocycles. The number of unbranched alkanes of at least 4 members (excludes halogenated alkanes) is 2. The van der Waals surface area contributed by atoms with Crippen molar-refractivity contribution in [3.8, 4) is 5.75 Å². The molecule has 4 N–H and O–H groups in total. The number of aromatic nitrogens is 1. The Kier molecular flexibility index (Phi) is 16.1. The molecule has 1 aromatic heterocycles. The summed E-state index contributed by atoms with van der Waals surface area (Å²) in [5.41, 5.74) is -1.01. The van der Waals surface area contributed by atoms with Crippen LogP contribution in [0.25, 0.3) is 10.9 Å². The average molecular weight is 940 g/mol. The third-order valence-corrected chi connectivity index (χ3v) is 15.4. The number of aromatic amines is 1. The molecular weight excluding hydrogens is 871 g/mol. The number of nitrogens with zero attached hydrogens (tertiary/aromatic N) is 3. The Morgan fingerprint density at radius 1 is 0.970 bits per heavy atom. The average Bonchev–Trinajstić information content (AvgIpc) is 3.54. The lowest BCUT2D eigenvalue weighted by atomic mass is 9.85. The van der Waals surface area contributed by atoms with Gasteiger partial charge in [0, 0.05) is 50.6 Å². The summed E-state index contributed by atoms with van der Waals surface area (Å²) >= 11 is 0. The van der Waals surface area contributed by atoms with Crippen molar-refractivity contribution < 1.29 is 46.5 Å². The van der Waals surface area contributed by atoms with E-state index in [0.29, 0.717) is 56.8 Å². The minimum atomic E-state index is -4.18. The van der Waals surface area contributed by atoms with Crippen LogP contribution in [0.3, 0.4) is 0 Å². The largest absolute Gasteiger partial charge is 0.491 e. The highest BCUT2D eigenvalue weighted by atomic mass is 32.2. The molecule has 5 aliphatic rings. The van der Waals surface area contributed by atoms with Gasteiger partial charge >= 0.3 is 16.3 Å². The highest BCUT2D eigenvalue weighted by molar-refractivity contribution is 7.87. The molecule has 2 aromatic rings. The second-order valence-corrected chi connectivity index (χ2v) is 21.1. The van der Waals surface area contributed by atoms with E-state index in [1.807, 2.05) is 45.0 Å². The number of nitrogens with one attached hydrogen (secondary N) is 4. The van der Waals surface area contributed by atoms with Gasteiger partial charge in [0.05, 0.1) is 37.5 Å². The summed E-state index contributed by atoms with van der Waals surface area (Å²) in [4.78, 5) is 75.5. The number of rotatable bonds is 19. The fourth-order valence-corrected chi connectivity index (χ4v) is 11.1. The molecule has 7 rings (SSSR count). The van der Waals surface area contributed by atoms with E-state index in [-0.39, 0.29) is 56.8 Å². The normalized spacial score (nSPS) is 25.5. The Bertz CT molecular complexity index is 2240. The van der Waals surface area contributed by atoms with Crippen LogP contribution in [0, 0.1) is 17.3 Å². The number of alkyl carbamates (subject to hydrolysis) is 1. The molecule has 2 saturated carbocycles. The highest BCUT2D eigenvalue weighted by Crippen LogP contribution is 2.45. The van der Waals surface area contributed by atoms with Crippen LogP contribution in [-0.4, -0.2) is 147 Å². The van der Waals surface area contributed by atoms with Crippen LogP contribution in [0.15, 0.2) is 41.7 Å². The lowest BCUT2D eigenvalue weighted by Gasteiger charge is -2.36. The van der Waals surface area contributed by atoms with Gasteiger partial charge in [0.15, 0.2) is 0 Å². The van der Waals surface area contributed by atoms with E-state index in [9.17, 15) is 32.4 Å². The molecule has 4 amide bonds. The lowest BCUT2D eigenvalue weighted by molar-refractivity contribution is -0.142. The number of hydrogen-bond acceptors (Lipinski definition) is 12. The molecule has 364 valence electrons. The fourth-order valence-electron chi connectivity index (χ4n) is 9.92. The fraction of sp³-hybridized carbons (Fsp3) is 0.681.